The van der Waals surface area contributed by atoms with E-state index in [0.717, 1.165) is 16.9 Å². The van der Waals surface area contributed by atoms with Crippen molar-refractivity contribution in [1.82, 2.24) is 0 Å². The van der Waals surface area contributed by atoms with Crippen LogP contribution in [0.25, 0.3) is 6.08 Å². The van der Waals surface area contributed by atoms with Gasteiger partial charge in [0.25, 0.3) is 0 Å². The van der Waals surface area contributed by atoms with Crippen LogP contribution in [0.3, 0.4) is 0 Å². The smallest absolute Gasteiger partial charge is 0.177 e. The molecule has 2 heteroatoms. The van der Waals surface area contributed by atoms with E-state index >= 15 is 0 Å². The largest absolute Gasteiger partial charge is 0.485 e. The van der Waals surface area contributed by atoms with E-state index in [-0.39, 0.29) is 18.3 Å². The van der Waals surface area contributed by atoms with Crippen LogP contribution >= 0.6 is 0 Å². The average Bonchev–Trinajstić information content (AvgIpc) is 2.23. The maximum absolute atomic E-state index is 11.4. The fraction of sp³-hybridized carbons (Fsp3) is 0.250. The Balaban J connectivity index is 2.48. The minimum atomic E-state index is -0.0439. The molecule has 1 aliphatic heterocycles. The predicted molar refractivity (Wildman–Crippen MR) is 55.5 cm³/mol. The lowest BCUT2D eigenvalue weighted by atomic mass is 9.93. The number of carbonyl (C=O) groups excluding carboxylic acids is 1. The fourth-order valence-corrected chi connectivity index (χ4v) is 1.61. The lowest BCUT2D eigenvalue weighted by Crippen LogP contribution is -2.23. The number of carbonyl (C=O) groups is 1. The van der Waals surface area contributed by atoms with E-state index in [0.29, 0.717) is 0 Å². The number of Topliss-reactive ketones (excluding diaryl/α,β-unsaturated/α-hetero) is 1. The van der Waals surface area contributed by atoms with Crippen molar-refractivity contribution in [3.8, 4) is 5.75 Å². The molecule has 1 unspecified atom stereocenters. The molecular weight excluding hydrogens is 176 g/mol. The van der Waals surface area contributed by atoms with Gasteiger partial charge < -0.3 is 4.74 Å². The second-order valence-corrected chi connectivity index (χ2v) is 3.48. The maximum atomic E-state index is 11.4. The normalized spacial score (nSPS) is 19.8. The van der Waals surface area contributed by atoms with E-state index in [1.807, 2.05) is 25.1 Å². The summed E-state index contributed by atoms with van der Waals surface area (Å²) in [6, 6.07) is 5.81. The first-order chi connectivity index (χ1) is 6.72. The van der Waals surface area contributed by atoms with Gasteiger partial charge in [0.1, 0.15) is 12.4 Å². The van der Waals surface area contributed by atoms with E-state index in [1.165, 1.54) is 0 Å². The van der Waals surface area contributed by atoms with Crippen molar-refractivity contribution in [3.05, 3.63) is 35.9 Å². The van der Waals surface area contributed by atoms with E-state index in [9.17, 15) is 4.79 Å². The SMILES string of the molecule is C=Cc1ccc2c(c1)OCC(=O)C2C. The summed E-state index contributed by atoms with van der Waals surface area (Å²) in [6.45, 7) is 5.79. The summed E-state index contributed by atoms with van der Waals surface area (Å²) >= 11 is 0. The Hall–Kier alpha value is -1.57. The first kappa shape index (κ1) is 9.00. The van der Waals surface area contributed by atoms with Gasteiger partial charge in [-0.15, -0.1) is 0 Å². The van der Waals surface area contributed by atoms with Crippen LogP contribution in [-0.4, -0.2) is 12.4 Å². The Bertz CT molecular complexity index is 393. The molecule has 1 aromatic rings. The van der Waals surface area contributed by atoms with E-state index in [2.05, 4.69) is 6.58 Å². The second kappa shape index (κ2) is 3.29. The van der Waals surface area contributed by atoms with Crippen LogP contribution in [0, 0.1) is 0 Å². The lowest BCUT2D eigenvalue weighted by Gasteiger charge is -2.22. The molecule has 0 fully saturated rings. The molecule has 2 rings (SSSR count). The molecule has 1 atom stereocenters. The van der Waals surface area contributed by atoms with Crippen LogP contribution in [0.4, 0.5) is 0 Å². The van der Waals surface area contributed by atoms with Gasteiger partial charge in [0, 0.05) is 11.5 Å². The van der Waals surface area contributed by atoms with Crippen LogP contribution in [0.2, 0.25) is 0 Å². The fourth-order valence-electron chi connectivity index (χ4n) is 1.61. The third-order valence-electron chi connectivity index (χ3n) is 2.59. The number of hydrogen-bond donors (Lipinski definition) is 0. The van der Waals surface area contributed by atoms with Crippen LogP contribution in [0.1, 0.15) is 24.0 Å². The molecule has 0 spiro atoms. The minimum absolute atomic E-state index is 0.0439. The lowest BCUT2D eigenvalue weighted by molar-refractivity contribution is -0.123. The minimum Gasteiger partial charge on any atom is -0.485 e. The topological polar surface area (TPSA) is 26.3 Å². The second-order valence-electron chi connectivity index (χ2n) is 3.48. The standard InChI is InChI=1S/C12H12O2/c1-3-9-4-5-10-8(2)11(13)7-14-12(10)6-9/h3-6,8H,1,7H2,2H3. The van der Waals surface area contributed by atoms with Crippen molar-refractivity contribution < 1.29 is 9.53 Å². The number of fused-ring (bicyclic) bond motifs is 1. The highest BCUT2D eigenvalue weighted by molar-refractivity contribution is 5.89. The number of hydrogen-bond acceptors (Lipinski definition) is 2. The monoisotopic (exact) mass is 188 g/mol. The van der Waals surface area contributed by atoms with E-state index in [4.69, 9.17) is 4.74 Å². The van der Waals surface area contributed by atoms with Crippen molar-refractivity contribution in [2.75, 3.05) is 6.61 Å². The quantitative estimate of drug-likeness (QED) is 0.676. The van der Waals surface area contributed by atoms with Gasteiger partial charge in [-0.2, -0.15) is 0 Å². The molecule has 0 bridgehead atoms. The van der Waals surface area contributed by atoms with E-state index < -0.39 is 0 Å². The van der Waals surface area contributed by atoms with Gasteiger partial charge in [0.2, 0.25) is 0 Å². The van der Waals surface area contributed by atoms with Gasteiger partial charge in [-0.1, -0.05) is 31.7 Å². The number of rotatable bonds is 1. The molecule has 0 N–H and O–H groups in total. The van der Waals surface area contributed by atoms with Gasteiger partial charge in [0.15, 0.2) is 5.78 Å². The van der Waals surface area contributed by atoms with Crippen LogP contribution in [0.15, 0.2) is 24.8 Å². The number of ketones is 1. The summed E-state index contributed by atoms with van der Waals surface area (Å²) < 4.78 is 5.35. The maximum Gasteiger partial charge on any atom is 0.177 e. The predicted octanol–water partition coefficient (Wildman–Crippen LogP) is 2.39. The summed E-state index contributed by atoms with van der Waals surface area (Å²) in [5.74, 6) is 0.913. The molecule has 0 aliphatic carbocycles. The van der Waals surface area contributed by atoms with Crippen LogP contribution in [0.5, 0.6) is 5.75 Å². The third-order valence-corrected chi connectivity index (χ3v) is 2.59. The molecular formula is C12H12O2. The average molecular weight is 188 g/mol. The molecule has 0 saturated heterocycles. The zero-order chi connectivity index (χ0) is 10.1. The molecule has 0 radical (unpaired) electrons. The molecule has 1 heterocycles. The Morgan fingerprint density at radius 3 is 3.07 bits per heavy atom. The van der Waals surface area contributed by atoms with Crippen molar-refractivity contribution in [3.63, 3.8) is 0 Å². The first-order valence-corrected chi connectivity index (χ1v) is 4.64. The summed E-state index contributed by atoms with van der Waals surface area (Å²) in [6.07, 6.45) is 1.77. The Kier molecular flexibility index (Phi) is 2.12. The molecule has 0 saturated carbocycles. The van der Waals surface area contributed by atoms with Gasteiger partial charge in [-0.25, -0.2) is 0 Å². The molecule has 0 amide bonds. The summed E-state index contributed by atoms with van der Waals surface area (Å²) in [7, 11) is 0. The summed E-state index contributed by atoms with van der Waals surface area (Å²) in [4.78, 5) is 11.4. The molecule has 1 aromatic carbocycles. The van der Waals surface area contributed by atoms with Crippen molar-refractivity contribution in [1.29, 1.82) is 0 Å². The third kappa shape index (κ3) is 1.33. The van der Waals surface area contributed by atoms with Crippen molar-refractivity contribution >= 4 is 11.9 Å². The van der Waals surface area contributed by atoms with Gasteiger partial charge in [0.05, 0.1) is 0 Å². The highest BCUT2D eigenvalue weighted by Crippen LogP contribution is 2.32. The molecule has 0 aromatic heterocycles. The Morgan fingerprint density at radius 2 is 2.36 bits per heavy atom. The van der Waals surface area contributed by atoms with Crippen molar-refractivity contribution in [2.45, 2.75) is 12.8 Å². The zero-order valence-corrected chi connectivity index (χ0v) is 8.12. The van der Waals surface area contributed by atoms with Gasteiger partial charge in [-0.05, 0) is 11.6 Å². The molecule has 2 nitrogen and oxygen atoms in total. The van der Waals surface area contributed by atoms with E-state index in [1.54, 1.807) is 6.08 Å². The van der Waals surface area contributed by atoms with Crippen molar-refractivity contribution in [2.24, 2.45) is 0 Å². The summed E-state index contributed by atoms with van der Waals surface area (Å²) in [5.41, 5.74) is 2.00. The van der Waals surface area contributed by atoms with Gasteiger partial charge in [-0.3, -0.25) is 4.79 Å². The number of ether oxygens (including phenoxy) is 1. The molecule has 1 aliphatic rings. The highest BCUT2D eigenvalue weighted by atomic mass is 16.5. The molecule has 14 heavy (non-hydrogen) atoms. The van der Waals surface area contributed by atoms with Crippen LogP contribution in [-0.2, 0) is 4.79 Å². The van der Waals surface area contributed by atoms with Crippen LogP contribution < -0.4 is 4.74 Å². The Morgan fingerprint density at radius 1 is 1.57 bits per heavy atom. The zero-order valence-electron chi connectivity index (χ0n) is 8.12. The Labute approximate surface area is 83.2 Å². The summed E-state index contributed by atoms with van der Waals surface area (Å²) in [5, 5.41) is 0. The van der Waals surface area contributed by atoms with Gasteiger partial charge >= 0.3 is 0 Å². The highest BCUT2D eigenvalue weighted by Gasteiger charge is 2.24. The number of benzene rings is 1. The molecule has 72 valence electrons. The first-order valence-electron chi connectivity index (χ1n) is 4.64.